The highest BCUT2D eigenvalue weighted by molar-refractivity contribution is 6.30. The van der Waals surface area contributed by atoms with E-state index in [0.29, 0.717) is 11.4 Å². The summed E-state index contributed by atoms with van der Waals surface area (Å²) in [5.41, 5.74) is 2.10. The lowest BCUT2D eigenvalue weighted by Gasteiger charge is -2.08. The SMILES string of the molecule is CNCc1ccc(Cl)cc1CCC(=O)O. The molecule has 82 valence electrons. The van der Waals surface area contributed by atoms with Gasteiger partial charge in [-0.3, -0.25) is 4.79 Å². The third-order valence-corrected chi connectivity index (χ3v) is 2.38. The van der Waals surface area contributed by atoms with E-state index < -0.39 is 5.97 Å². The van der Waals surface area contributed by atoms with Gasteiger partial charge >= 0.3 is 5.97 Å². The zero-order valence-electron chi connectivity index (χ0n) is 8.59. The van der Waals surface area contributed by atoms with E-state index in [1.165, 1.54) is 0 Å². The average molecular weight is 228 g/mol. The van der Waals surface area contributed by atoms with Crippen LogP contribution in [-0.4, -0.2) is 18.1 Å². The highest BCUT2D eigenvalue weighted by atomic mass is 35.5. The third kappa shape index (κ3) is 3.90. The molecule has 0 saturated carbocycles. The van der Waals surface area contributed by atoms with Crippen molar-refractivity contribution in [2.45, 2.75) is 19.4 Å². The quantitative estimate of drug-likeness (QED) is 0.810. The first-order valence-corrected chi connectivity index (χ1v) is 5.15. The lowest BCUT2D eigenvalue weighted by Crippen LogP contribution is -2.08. The molecule has 1 rings (SSSR count). The van der Waals surface area contributed by atoms with E-state index in [1.807, 2.05) is 25.2 Å². The zero-order chi connectivity index (χ0) is 11.3. The van der Waals surface area contributed by atoms with Crippen LogP contribution in [0.25, 0.3) is 0 Å². The summed E-state index contributed by atoms with van der Waals surface area (Å²) in [5, 5.41) is 12.3. The Bertz CT molecular complexity index is 352. The molecule has 15 heavy (non-hydrogen) atoms. The number of hydrogen-bond acceptors (Lipinski definition) is 2. The summed E-state index contributed by atoms with van der Waals surface area (Å²) in [6.45, 7) is 0.728. The van der Waals surface area contributed by atoms with Gasteiger partial charge in [0.1, 0.15) is 0 Å². The summed E-state index contributed by atoms with van der Waals surface area (Å²) in [5.74, 6) is -0.787. The van der Waals surface area contributed by atoms with Crippen LogP contribution in [-0.2, 0) is 17.8 Å². The van der Waals surface area contributed by atoms with Gasteiger partial charge in [0.25, 0.3) is 0 Å². The molecule has 0 unspecified atom stereocenters. The third-order valence-electron chi connectivity index (χ3n) is 2.14. The summed E-state index contributed by atoms with van der Waals surface area (Å²) < 4.78 is 0. The molecule has 0 radical (unpaired) electrons. The van der Waals surface area contributed by atoms with E-state index in [1.54, 1.807) is 0 Å². The van der Waals surface area contributed by atoms with E-state index in [-0.39, 0.29) is 6.42 Å². The number of rotatable bonds is 5. The van der Waals surface area contributed by atoms with Crippen molar-refractivity contribution in [2.75, 3.05) is 7.05 Å². The van der Waals surface area contributed by atoms with Gasteiger partial charge in [0.2, 0.25) is 0 Å². The molecule has 0 spiro atoms. The van der Waals surface area contributed by atoms with Gasteiger partial charge in [0, 0.05) is 18.0 Å². The predicted octanol–water partition coefficient (Wildman–Crippen LogP) is 2.08. The summed E-state index contributed by atoms with van der Waals surface area (Å²) >= 11 is 5.86. The molecule has 0 aliphatic rings. The zero-order valence-corrected chi connectivity index (χ0v) is 9.34. The number of carbonyl (C=O) groups is 1. The van der Waals surface area contributed by atoms with Crippen LogP contribution in [0, 0.1) is 0 Å². The van der Waals surface area contributed by atoms with Gasteiger partial charge in [0.05, 0.1) is 0 Å². The van der Waals surface area contributed by atoms with Gasteiger partial charge in [-0.2, -0.15) is 0 Å². The molecule has 0 saturated heterocycles. The fourth-order valence-corrected chi connectivity index (χ4v) is 1.63. The fraction of sp³-hybridized carbons (Fsp3) is 0.364. The molecule has 0 heterocycles. The van der Waals surface area contributed by atoms with Gasteiger partial charge in [-0.15, -0.1) is 0 Å². The second-order valence-corrected chi connectivity index (χ2v) is 3.77. The average Bonchev–Trinajstić information content (AvgIpc) is 2.18. The van der Waals surface area contributed by atoms with Crippen LogP contribution in [0.5, 0.6) is 0 Å². The van der Waals surface area contributed by atoms with Crippen LogP contribution in [0.15, 0.2) is 18.2 Å². The van der Waals surface area contributed by atoms with E-state index in [2.05, 4.69) is 5.32 Å². The Kier molecular flexibility index (Phi) is 4.59. The first-order valence-electron chi connectivity index (χ1n) is 4.77. The van der Waals surface area contributed by atoms with Crippen LogP contribution >= 0.6 is 11.6 Å². The van der Waals surface area contributed by atoms with Gasteiger partial charge in [-0.1, -0.05) is 17.7 Å². The number of carboxylic acids is 1. The molecule has 0 fully saturated rings. The number of aryl methyl sites for hydroxylation is 1. The van der Waals surface area contributed by atoms with Crippen LogP contribution in [0.1, 0.15) is 17.5 Å². The Morgan fingerprint density at radius 2 is 2.20 bits per heavy atom. The molecule has 0 bridgehead atoms. The predicted molar refractivity (Wildman–Crippen MR) is 60.2 cm³/mol. The fourth-order valence-electron chi connectivity index (χ4n) is 1.43. The van der Waals surface area contributed by atoms with Crippen molar-refractivity contribution in [2.24, 2.45) is 0 Å². The lowest BCUT2D eigenvalue weighted by molar-refractivity contribution is -0.136. The maximum absolute atomic E-state index is 10.5. The standard InChI is InChI=1S/C11H14ClNO2/c1-13-7-9-2-4-10(12)6-8(9)3-5-11(14)15/h2,4,6,13H,3,5,7H2,1H3,(H,14,15). The van der Waals surface area contributed by atoms with E-state index in [0.717, 1.165) is 17.7 Å². The molecular formula is C11H14ClNO2. The van der Waals surface area contributed by atoms with Crippen molar-refractivity contribution in [3.63, 3.8) is 0 Å². The second kappa shape index (κ2) is 5.73. The highest BCUT2D eigenvalue weighted by Crippen LogP contribution is 2.17. The van der Waals surface area contributed by atoms with Gasteiger partial charge in [-0.25, -0.2) is 0 Å². The molecule has 0 amide bonds. The van der Waals surface area contributed by atoms with Crippen LogP contribution in [0.2, 0.25) is 5.02 Å². The molecule has 0 aromatic heterocycles. The number of carboxylic acid groups (broad SMARTS) is 1. The van der Waals surface area contributed by atoms with Gasteiger partial charge < -0.3 is 10.4 Å². The number of benzene rings is 1. The highest BCUT2D eigenvalue weighted by Gasteiger charge is 2.05. The Hall–Kier alpha value is -1.06. The largest absolute Gasteiger partial charge is 0.481 e. The van der Waals surface area contributed by atoms with Crippen LogP contribution in [0.4, 0.5) is 0 Å². The number of aliphatic carboxylic acids is 1. The maximum Gasteiger partial charge on any atom is 0.303 e. The number of nitrogens with one attached hydrogen (secondary N) is 1. The van der Waals surface area contributed by atoms with Gasteiger partial charge in [-0.05, 0) is 36.7 Å². The lowest BCUT2D eigenvalue weighted by atomic mass is 10.0. The van der Waals surface area contributed by atoms with Crippen molar-refractivity contribution >= 4 is 17.6 Å². The van der Waals surface area contributed by atoms with Crippen molar-refractivity contribution in [1.82, 2.24) is 5.32 Å². The minimum Gasteiger partial charge on any atom is -0.481 e. The monoisotopic (exact) mass is 227 g/mol. The molecule has 0 atom stereocenters. The molecular weight excluding hydrogens is 214 g/mol. The van der Waals surface area contributed by atoms with Gasteiger partial charge in [0.15, 0.2) is 0 Å². The van der Waals surface area contributed by atoms with Crippen molar-refractivity contribution in [3.8, 4) is 0 Å². The molecule has 1 aromatic carbocycles. The number of hydrogen-bond donors (Lipinski definition) is 2. The van der Waals surface area contributed by atoms with Crippen LogP contribution < -0.4 is 5.32 Å². The normalized spacial score (nSPS) is 10.3. The smallest absolute Gasteiger partial charge is 0.303 e. The Morgan fingerprint density at radius 1 is 1.47 bits per heavy atom. The summed E-state index contributed by atoms with van der Waals surface area (Å²) in [7, 11) is 1.86. The van der Waals surface area contributed by atoms with Crippen molar-refractivity contribution < 1.29 is 9.90 Å². The molecule has 1 aromatic rings. The summed E-state index contributed by atoms with van der Waals surface area (Å²) in [6.07, 6.45) is 0.657. The first kappa shape index (κ1) is 12.0. The Balaban J connectivity index is 2.81. The number of halogens is 1. The molecule has 0 aliphatic carbocycles. The molecule has 4 heteroatoms. The Labute approximate surface area is 94.1 Å². The van der Waals surface area contributed by atoms with E-state index >= 15 is 0 Å². The molecule has 2 N–H and O–H groups in total. The summed E-state index contributed by atoms with van der Waals surface area (Å²) in [6, 6.07) is 5.58. The maximum atomic E-state index is 10.5. The molecule has 3 nitrogen and oxygen atoms in total. The van der Waals surface area contributed by atoms with E-state index in [4.69, 9.17) is 16.7 Å². The topological polar surface area (TPSA) is 49.3 Å². The van der Waals surface area contributed by atoms with Crippen LogP contribution in [0.3, 0.4) is 0 Å². The minimum absolute atomic E-state index is 0.136. The second-order valence-electron chi connectivity index (χ2n) is 3.34. The summed E-state index contributed by atoms with van der Waals surface area (Å²) in [4.78, 5) is 10.5. The van der Waals surface area contributed by atoms with Crippen molar-refractivity contribution in [3.05, 3.63) is 34.3 Å². The Morgan fingerprint density at radius 3 is 2.80 bits per heavy atom. The van der Waals surface area contributed by atoms with E-state index in [9.17, 15) is 4.79 Å². The first-order chi connectivity index (χ1) is 7.13. The molecule has 0 aliphatic heterocycles. The minimum atomic E-state index is -0.787. The van der Waals surface area contributed by atoms with Crippen molar-refractivity contribution in [1.29, 1.82) is 0 Å².